The zero-order chi connectivity index (χ0) is 20.7. The first-order chi connectivity index (χ1) is 13.3. The fraction of sp³-hybridized carbons (Fsp3) is 0.240. The molecule has 4 aromatic carbocycles. The van der Waals surface area contributed by atoms with E-state index in [2.05, 4.69) is 113 Å². The maximum Gasteiger partial charge on any atom is 0.0132 e. The molecule has 4 rings (SSSR count). The first-order valence-electron chi connectivity index (χ1n) is 9.73. The number of rotatable bonds is 2. The van der Waals surface area contributed by atoms with Crippen molar-refractivity contribution in [2.24, 2.45) is 0 Å². The Bertz CT molecular complexity index is 950. The van der Waals surface area contributed by atoms with E-state index in [1.54, 1.807) is 34.6 Å². The van der Waals surface area contributed by atoms with E-state index in [0.717, 1.165) is 0 Å². The third-order valence-corrected chi connectivity index (χ3v) is 7.47. The molecule has 0 aliphatic carbocycles. The van der Waals surface area contributed by atoms with Gasteiger partial charge in [0, 0.05) is 17.6 Å². The maximum absolute atomic E-state index is 2.34. The van der Waals surface area contributed by atoms with Crippen LogP contribution >= 0.6 is 0 Å². The second-order valence-corrected chi connectivity index (χ2v) is 15.2. The Labute approximate surface area is 213 Å². The molecule has 0 amide bonds. The van der Waals surface area contributed by atoms with Crippen molar-refractivity contribution < 1.29 is 49.0 Å². The molecule has 0 fully saturated rings. The average Bonchev–Trinajstić information content (AvgIpc) is 3.26. The minimum absolute atomic E-state index is 0. The van der Waals surface area contributed by atoms with Gasteiger partial charge in [0.1, 0.15) is 0 Å². The Kier molecular flexibility index (Phi) is 14.2. The summed E-state index contributed by atoms with van der Waals surface area (Å²) < 4.78 is 1.51. The first-order valence-corrected chi connectivity index (χ1v) is 16.0. The Morgan fingerprint density at radius 2 is 0.967 bits per heavy atom. The predicted octanol–water partition coefficient (Wildman–Crippen LogP) is -0.206. The summed E-state index contributed by atoms with van der Waals surface area (Å²) >= 11 is 1.55. The molecule has 0 N–H and O–H groups in total. The van der Waals surface area contributed by atoms with Crippen molar-refractivity contribution >= 4 is 52.7 Å². The third kappa shape index (κ3) is 8.52. The quantitative estimate of drug-likeness (QED) is 0.240. The molecule has 0 saturated carbocycles. The molecule has 0 unspecified atom stereocenters. The summed E-state index contributed by atoms with van der Waals surface area (Å²) in [4.78, 5) is 0. The van der Waals surface area contributed by atoms with E-state index in [1.165, 1.54) is 24.8 Å². The maximum atomic E-state index is 2.34. The van der Waals surface area contributed by atoms with Gasteiger partial charge in [-0.2, -0.15) is 33.3 Å². The van der Waals surface area contributed by atoms with Crippen molar-refractivity contribution in [3.63, 3.8) is 0 Å². The molecular weight excluding hydrogens is 519 g/mol. The van der Waals surface area contributed by atoms with Crippen LogP contribution in [0.4, 0.5) is 0 Å². The number of benzene rings is 2. The van der Waals surface area contributed by atoms with Gasteiger partial charge in [0.15, 0.2) is 0 Å². The van der Waals surface area contributed by atoms with Gasteiger partial charge in [-0.3, -0.25) is 0 Å². The second kappa shape index (κ2) is 14.5. The SMILES string of the molecule is C[C](C)=[Zr+2].C[Si](C)c1c[cH-]c2ccccc12.C[Si](C)c1c[cH-]c2ccccc12.[Cl-].[Cl-]. The number of hydrogen-bond acceptors (Lipinski definition) is 0. The van der Waals surface area contributed by atoms with E-state index >= 15 is 0 Å². The fourth-order valence-corrected chi connectivity index (χ4v) is 5.54. The van der Waals surface area contributed by atoms with Crippen LogP contribution in [-0.2, 0) is 24.2 Å². The van der Waals surface area contributed by atoms with Gasteiger partial charge in [0.2, 0.25) is 0 Å². The minimum Gasteiger partial charge on any atom is -1.00 e. The summed E-state index contributed by atoms with van der Waals surface area (Å²) in [6.07, 6.45) is 0. The molecule has 0 aliphatic rings. The van der Waals surface area contributed by atoms with Crippen molar-refractivity contribution in [1.82, 2.24) is 0 Å². The Hall–Kier alpha value is -0.573. The first kappa shape index (κ1) is 29.4. The van der Waals surface area contributed by atoms with Crippen molar-refractivity contribution in [2.45, 2.75) is 40.0 Å². The number of halogens is 2. The molecule has 0 spiro atoms. The Balaban J connectivity index is 0.000000452. The van der Waals surface area contributed by atoms with Crippen molar-refractivity contribution in [2.75, 3.05) is 0 Å². The van der Waals surface area contributed by atoms with Crippen molar-refractivity contribution in [1.29, 1.82) is 0 Å². The standard InChI is InChI=1S/2C11H12Si.C3H6.2ClH.Zr/c2*1-12(2)11-8-7-9-5-3-4-6-10(9)11;1-3-2;;;/h2*3-8H,1-2H3;1-2H3;2*1H;/q2*-1;;;;+2/p-2. The van der Waals surface area contributed by atoms with Gasteiger partial charge in [0.25, 0.3) is 0 Å². The Morgan fingerprint density at radius 3 is 1.27 bits per heavy atom. The summed E-state index contributed by atoms with van der Waals surface area (Å²) in [5.41, 5.74) is 0. The van der Waals surface area contributed by atoms with E-state index in [9.17, 15) is 0 Å². The van der Waals surface area contributed by atoms with Crippen LogP contribution in [0.1, 0.15) is 13.8 Å². The van der Waals surface area contributed by atoms with Gasteiger partial charge < -0.3 is 24.8 Å². The van der Waals surface area contributed by atoms with Crippen LogP contribution in [0.2, 0.25) is 26.2 Å². The van der Waals surface area contributed by atoms with E-state index in [-0.39, 0.29) is 42.4 Å². The molecule has 0 atom stereocenters. The summed E-state index contributed by atoms with van der Waals surface area (Å²) in [5.74, 6) is 0. The molecule has 2 radical (unpaired) electrons. The van der Waals surface area contributed by atoms with Gasteiger partial charge >= 0.3 is 41.3 Å². The van der Waals surface area contributed by atoms with Gasteiger partial charge in [0.05, 0.1) is 0 Å². The molecular formula is C25H30Cl2Si2Zr-2. The van der Waals surface area contributed by atoms with Gasteiger partial charge in [-0.05, 0) is 0 Å². The van der Waals surface area contributed by atoms with Crippen LogP contribution in [0.15, 0.2) is 72.8 Å². The molecule has 30 heavy (non-hydrogen) atoms. The fourth-order valence-electron chi connectivity index (χ4n) is 3.17. The van der Waals surface area contributed by atoms with Crippen LogP contribution in [0.3, 0.4) is 0 Å². The van der Waals surface area contributed by atoms with Crippen LogP contribution in [0.25, 0.3) is 21.5 Å². The molecule has 0 heterocycles. The Morgan fingerprint density at radius 1 is 0.667 bits per heavy atom. The summed E-state index contributed by atoms with van der Waals surface area (Å²) in [6, 6.07) is 26.3. The summed E-state index contributed by atoms with van der Waals surface area (Å²) in [7, 11) is -0.589. The minimum atomic E-state index is -0.294. The van der Waals surface area contributed by atoms with Crippen LogP contribution < -0.4 is 35.2 Å². The molecule has 0 aromatic heterocycles. The van der Waals surface area contributed by atoms with Gasteiger partial charge in [-0.25, -0.2) is 0 Å². The molecule has 0 bridgehead atoms. The second-order valence-electron chi connectivity index (χ2n) is 7.67. The molecule has 4 aromatic rings. The van der Waals surface area contributed by atoms with Crippen LogP contribution in [0.5, 0.6) is 0 Å². The molecule has 0 nitrogen and oxygen atoms in total. The third-order valence-electron chi connectivity index (χ3n) is 4.44. The van der Waals surface area contributed by atoms with E-state index in [4.69, 9.17) is 0 Å². The van der Waals surface area contributed by atoms with E-state index < -0.39 is 0 Å². The van der Waals surface area contributed by atoms with Crippen molar-refractivity contribution in [3.05, 3.63) is 72.8 Å². The molecule has 0 aliphatic heterocycles. The summed E-state index contributed by atoms with van der Waals surface area (Å²) in [5, 5.41) is 8.82. The van der Waals surface area contributed by atoms with E-state index in [0.29, 0.717) is 0 Å². The molecule has 0 saturated heterocycles. The monoisotopic (exact) mass is 546 g/mol. The number of fused-ring (bicyclic) bond motifs is 2. The van der Waals surface area contributed by atoms with Crippen LogP contribution in [-0.4, -0.2) is 20.8 Å². The predicted molar refractivity (Wildman–Crippen MR) is 130 cm³/mol. The topological polar surface area (TPSA) is 0 Å². The van der Waals surface area contributed by atoms with Gasteiger partial charge in [-0.1, -0.05) is 38.3 Å². The van der Waals surface area contributed by atoms with Crippen LogP contribution in [0, 0.1) is 0 Å². The molecule has 158 valence electrons. The smallest absolute Gasteiger partial charge is 0.0132 e. The van der Waals surface area contributed by atoms with E-state index in [1.807, 2.05) is 0 Å². The van der Waals surface area contributed by atoms with Crippen molar-refractivity contribution in [3.8, 4) is 0 Å². The van der Waals surface area contributed by atoms with Gasteiger partial charge in [-0.15, -0.1) is 59.3 Å². The largest absolute Gasteiger partial charge is 1.00 e. The zero-order valence-electron chi connectivity index (χ0n) is 18.7. The average molecular weight is 549 g/mol. The zero-order valence-corrected chi connectivity index (χ0v) is 24.7. The normalized spacial score (nSPS) is 9.93. The number of hydrogen-bond donors (Lipinski definition) is 0. The molecule has 5 heteroatoms. The summed E-state index contributed by atoms with van der Waals surface area (Å²) in [6.45, 7) is 13.6.